The number of likely N-dealkylation sites (N-methyl/N-ethyl adjacent to an activating group) is 1. The van der Waals surface area contributed by atoms with E-state index >= 15 is 0 Å². The van der Waals surface area contributed by atoms with Crippen LogP contribution in [0, 0.1) is 0 Å². The predicted molar refractivity (Wildman–Crippen MR) is 71.9 cm³/mol. The van der Waals surface area contributed by atoms with Gasteiger partial charge < -0.3 is 9.80 Å². The standard InChI is InChI=1S/C15H16N2O2/c1-16-13(10-11-6-3-2-4-7-11)15(19)17-9-5-8-12(17)14(16)18/h2-4,6-7,10,12H,5,8-9H2,1H3/b13-10-. The molecule has 19 heavy (non-hydrogen) atoms. The highest BCUT2D eigenvalue weighted by atomic mass is 16.2. The number of amides is 2. The molecule has 2 aliphatic heterocycles. The van der Waals surface area contributed by atoms with Crippen LogP contribution in [0.25, 0.3) is 6.08 Å². The van der Waals surface area contributed by atoms with E-state index in [0.29, 0.717) is 12.2 Å². The van der Waals surface area contributed by atoms with E-state index in [1.54, 1.807) is 18.0 Å². The predicted octanol–water partition coefficient (Wildman–Crippen LogP) is 1.49. The second-order valence-electron chi connectivity index (χ2n) is 4.99. The van der Waals surface area contributed by atoms with Gasteiger partial charge in [-0.3, -0.25) is 9.59 Å². The molecular weight excluding hydrogens is 240 g/mol. The number of benzene rings is 1. The average Bonchev–Trinajstić information content (AvgIpc) is 2.92. The van der Waals surface area contributed by atoms with E-state index < -0.39 is 0 Å². The van der Waals surface area contributed by atoms with Crippen molar-refractivity contribution < 1.29 is 9.59 Å². The number of nitrogens with zero attached hydrogens (tertiary/aromatic N) is 2. The molecule has 0 bridgehead atoms. The fourth-order valence-corrected chi connectivity index (χ4v) is 2.77. The fourth-order valence-electron chi connectivity index (χ4n) is 2.77. The molecule has 1 aromatic carbocycles. The molecule has 1 atom stereocenters. The maximum atomic E-state index is 12.4. The van der Waals surface area contributed by atoms with E-state index in [2.05, 4.69) is 0 Å². The summed E-state index contributed by atoms with van der Waals surface area (Å²) in [7, 11) is 1.69. The summed E-state index contributed by atoms with van der Waals surface area (Å²) >= 11 is 0. The zero-order valence-corrected chi connectivity index (χ0v) is 10.9. The lowest BCUT2D eigenvalue weighted by Crippen LogP contribution is -2.54. The van der Waals surface area contributed by atoms with Gasteiger partial charge in [-0.25, -0.2) is 0 Å². The van der Waals surface area contributed by atoms with E-state index in [-0.39, 0.29) is 17.9 Å². The van der Waals surface area contributed by atoms with E-state index in [1.807, 2.05) is 30.3 Å². The highest BCUT2D eigenvalue weighted by Gasteiger charge is 2.43. The van der Waals surface area contributed by atoms with Crippen molar-refractivity contribution in [3.05, 3.63) is 41.6 Å². The fraction of sp³-hybridized carbons (Fsp3) is 0.333. The van der Waals surface area contributed by atoms with Crippen LogP contribution in [0.2, 0.25) is 0 Å². The lowest BCUT2D eigenvalue weighted by atomic mass is 10.1. The van der Waals surface area contributed by atoms with Crippen LogP contribution < -0.4 is 0 Å². The first kappa shape index (κ1) is 12.0. The summed E-state index contributed by atoms with van der Waals surface area (Å²) in [6.45, 7) is 0.690. The molecule has 2 amide bonds. The number of fused-ring (bicyclic) bond motifs is 1. The molecule has 0 aliphatic carbocycles. The smallest absolute Gasteiger partial charge is 0.271 e. The molecule has 2 fully saturated rings. The number of hydrogen-bond acceptors (Lipinski definition) is 2. The molecule has 0 N–H and O–H groups in total. The number of carbonyl (C=O) groups is 2. The van der Waals surface area contributed by atoms with E-state index in [1.165, 1.54) is 4.90 Å². The summed E-state index contributed by atoms with van der Waals surface area (Å²) in [6.07, 6.45) is 3.48. The van der Waals surface area contributed by atoms with Crippen molar-refractivity contribution in [2.24, 2.45) is 0 Å². The van der Waals surface area contributed by atoms with Gasteiger partial charge in [0.1, 0.15) is 11.7 Å². The van der Waals surface area contributed by atoms with Crippen LogP contribution >= 0.6 is 0 Å². The Morgan fingerprint density at radius 3 is 2.68 bits per heavy atom. The van der Waals surface area contributed by atoms with Crippen LogP contribution in [-0.2, 0) is 9.59 Å². The molecule has 1 aromatic rings. The third-order valence-electron chi connectivity index (χ3n) is 3.81. The van der Waals surface area contributed by atoms with Crippen LogP contribution in [0.4, 0.5) is 0 Å². The van der Waals surface area contributed by atoms with Crippen molar-refractivity contribution in [3.8, 4) is 0 Å². The first-order chi connectivity index (χ1) is 9.18. The average molecular weight is 256 g/mol. The molecule has 4 heteroatoms. The van der Waals surface area contributed by atoms with E-state index in [9.17, 15) is 9.59 Å². The second-order valence-corrected chi connectivity index (χ2v) is 4.99. The Balaban J connectivity index is 1.99. The molecule has 2 aliphatic rings. The molecule has 0 spiro atoms. The largest absolute Gasteiger partial charge is 0.325 e. The number of rotatable bonds is 1. The van der Waals surface area contributed by atoms with E-state index in [4.69, 9.17) is 0 Å². The molecule has 2 saturated heterocycles. The van der Waals surface area contributed by atoms with Crippen molar-refractivity contribution in [2.75, 3.05) is 13.6 Å². The van der Waals surface area contributed by atoms with Gasteiger partial charge in [0.15, 0.2) is 0 Å². The summed E-state index contributed by atoms with van der Waals surface area (Å²) in [6, 6.07) is 9.37. The minimum absolute atomic E-state index is 0.0271. The van der Waals surface area contributed by atoms with Crippen LogP contribution in [0.5, 0.6) is 0 Å². The number of hydrogen-bond donors (Lipinski definition) is 0. The van der Waals surface area contributed by atoms with Crippen molar-refractivity contribution >= 4 is 17.9 Å². The maximum absolute atomic E-state index is 12.4. The zero-order valence-electron chi connectivity index (χ0n) is 10.9. The Kier molecular flexibility index (Phi) is 2.85. The maximum Gasteiger partial charge on any atom is 0.271 e. The minimum atomic E-state index is -0.245. The molecule has 4 nitrogen and oxygen atoms in total. The zero-order chi connectivity index (χ0) is 13.4. The van der Waals surface area contributed by atoms with Gasteiger partial charge in [0.25, 0.3) is 5.91 Å². The molecular formula is C15H16N2O2. The molecule has 2 heterocycles. The van der Waals surface area contributed by atoms with Crippen molar-refractivity contribution in [2.45, 2.75) is 18.9 Å². The lowest BCUT2D eigenvalue weighted by molar-refractivity contribution is -0.147. The summed E-state index contributed by atoms with van der Waals surface area (Å²) in [5, 5.41) is 0. The third-order valence-corrected chi connectivity index (χ3v) is 3.81. The van der Waals surface area contributed by atoms with Crippen molar-refractivity contribution in [1.82, 2.24) is 9.80 Å². The van der Waals surface area contributed by atoms with Gasteiger partial charge in [0, 0.05) is 13.6 Å². The molecule has 0 radical (unpaired) electrons. The lowest BCUT2D eigenvalue weighted by Gasteiger charge is -2.36. The van der Waals surface area contributed by atoms with Gasteiger partial charge in [-0.1, -0.05) is 30.3 Å². The van der Waals surface area contributed by atoms with Gasteiger partial charge in [-0.15, -0.1) is 0 Å². The number of piperazine rings is 1. The number of carbonyl (C=O) groups excluding carboxylic acids is 2. The quantitative estimate of drug-likeness (QED) is 0.714. The second kappa shape index (κ2) is 4.53. The Morgan fingerprint density at radius 2 is 1.95 bits per heavy atom. The molecule has 98 valence electrons. The van der Waals surface area contributed by atoms with Crippen LogP contribution in [0.15, 0.2) is 36.0 Å². The normalized spacial score (nSPS) is 25.1. The Morgan fingerprint density at radius 1 is 1.21 bits per heavy atom. The third kappa shape index (κ3) is 1.93. The van der Waals surface area contributed by atoms with Crippen molar-refractivity contribution in [1.29, 1.82) is 0 Å². The Bertz CT molecular complexity index is 551. The van der Waals surface area contributed by atoms with Gasteiger partial charge >= 0.3 is 0 Å². The first-order valence-electron chi connectivity index (χ1n) is 6.54. The van der Waals surface area contributed by atoms with Crippen molar-refractivity contribution in [3.63, 3.8) is 0 Å². The van der Waals surface area contributed by atoms with Crippen LogP contribution in [-0.4, -0.2) is 41.2 Å². The summed E-state index contributed by atoms with van der Waals surface area (Å²) in [5.74, 6) is -0.00673. The van der Waals surface area contributed by atoms with Crippen LogP contribution in [0.3, 0.4) is 0 Å². The van der Waals surface area contributed by atoms with Gasteiger partial charge in [0.2, 0.25) is 5.91 Å². The highest BCUT2D eigenvalue weighted by molar-refractivity contribution is 6.07. The Hall–Kier alpha value is -2.10. The summed E-state index contributed by atoms with van der Waals surface area (Å²) in [5.41, 5.74) is 1.40. The highest BCUT2D eigenvalue weighted by Crippen LogP contribution is 2.28. The van der Waals surface area contributed by atoms with Gasteiger partial charge in [-0.2, -0.15) is 0 Å². The summed E-state index contributed by atoms with van der Waals surface area (Å²) < 4.78 is 0. The minimum Gasteiger partial charge on any atom is -0.325 e. The first-order valence-corrected chi connectivity index (χ1v) is 6.54. The molecule has 0 aromatic heterocycles. The molecule has 3 rings (SSSR count). The monoisotopic (exact) mass is 256 g/mol. The SMILES string of the molecule is CN1C(=O)C2CCCN2C(=O)/C1=C/c1ccccc1. The van der Waals surface area contributed by atoms with E-state index in [0.717, 1.165) is 18.4 Å². The topological polar surface area (TPSA) is 40.6 Å². The van der Waals surface area contributed by atoms with Gasteiger partial charge in [-0.05, 0) is 24.5 Å². The molecule has 0 saturated carbocycles. The molecule has 1 unspecified atom stereocenters. The Labute approximate surface area is 112 Å². The van der Waals surface area contributed by atoms with Crippen LogP contribution in [0.1, 0.15) is 18.4 Å². The van der Waals surface area contributed by atoms with Gasteiger partial charge in [0.05, 0.1) is 0 Å². The summed E-state index contributed by atoms with van der Waals surface area (Å²) in [4.78, 5) is 27.9.